The molecule has 1 aromatic rings. The van der Waals surface area contributed by atoms with Gasteiger partial charge in [-0.15, -0.1) is 6.58 Å². The van der Waals surface area contributed by atoms with Crippen molar-refractivity contribution in [3.63, 3.8) is 0 Å². The van der Waals surface area contributed by atoms with Crippen molar-refractivity contribution in [1.29, 1.82) is 0 Å². The molecule has 0 amide bonds. The first-order valence-electron chi connectivity index (χ1n) is 7.18. The molecule has 0 aliphatic carbocycles. The molecule has 0 fully saturated rings. The van der Waals surface area contributed by atoms with Crippen molar-refractivity contribution in [2.75, 3.05) is 0 Å². The number of aliphatic imine (C=N–C) groups is 2. The van der Waals surface area contributed by atoms with Gasteiger partial charge in [-0.3, -0.25) is 14.3 Å². The van der Waals surface area contributed by atoms with Crippen LogP contribution in [0.1, 0.15) is 31.7 Å². The lowest BCUT2D eigenvalue weighted by Crippen LogP contribution is -2.16. The summed E-state index contributed by atoms with van der Waals surface area (Å²) in [4.78, 5) is 23.0. The number of rotatable bonds is 6. The van der Waals surface area contributed by atoms with E-state index in [1.54, 1.807) is 6.08 Å². The number of amidine groups is 1. The van der Waals surface area contributed by atoms with Crippen molar-refractivity contribution in [2.45, 2.75) is 32.7 Å². The molecule has 0 spiro atoms. The average Bonchev–Trinajstić information content (AvgIpc) is 2.85. The van der Waals surface area contributed by atoms with Crippen molar-refractivity contribution in [2.24, 2.45) is 9.98 Å². The summed E-state index contributed by atoms with van der Waals surface area (Å²) in [7, 11) is 0. The highest BCUT2D eigenvalue weighted by Gasteiger charge is 2.17. The van der Waals surface area contributed by atoms with Gasteiger partial charge in [0, 0.05) is 13.0 Å². The van der Waals surface area contributed by atoms with Gasteiger partial charge < -0.3 is 5.11 Å². The third kappa shape index (κ3) is 3.86. The van der Waals surface area contributed by atoms with Gasteiger partial charge in [-0.25, -0.2) is 9.98 Å². The fraction of sp³-hybridized carbons (Fsp3) is 0.333. The van der Waals surface area contributed by atoms with Crippen molar-refractivity contribution < 1.29 is 5.11 Å². The van der Waals surface area contributed by atoms with Gasteiger partial charge in [0.1, 0.15) is 17.1 Å². The molecule has 23 heavy (non-hydrogen) atoms. The lowest BCUT2D eigenvalue weighted by molar-refractivity contribution is 0.412. The van der Waals surface area contributed by atoms with Crippen LogP contribution in [0.15, 0.2) is 33.1 Å². The number of aromatic amines is 1. The molecule has 0 saturated heterocycles. The van der Waals surface area contributed by atoms with Gasteiger partial charge in [-0.2, -0.15) is 0 Å². The van der Waals surface area contributed by atoms with Crippen LogP contribution < -0.4 is 5.56 Å². The summed E-state index contributed by atoms with van der Waals surface area (Å²) >= 11 is 11.1. The Morgan fingerprint density at radius 1 is 1.48 bits per heavy atom. The predicted octanol–water partition coefficient (Wildman–Crippen LogP) is 3.38. The van der Waals surface area contributed by atoms with Crippen LogP contribution in [0.2, 0.25) is 0 Å². The summed E-state index contributed by atoms with van der Waals surface area (Å²) < 4.78 is 1.48. The monoisotopic (exact) mass is 352 g/mol. The fourth-order valence-corrected chi connectivity index (χ4v) is 2.51. The molecule has 122 valence electrons. The number of H-pyrrole nitrogens is 1. The molecule has 2 rings (SSSR count). The number of unbranched alkanes of at least 4 members (excludes halogenated alkanes) is 1. The molecule has 1 aliphatic heterocycles. The first-order valence-corrected chi connectivity index (χ1v) is 7.97. The van der Waals surface area contributed by atoms with E-state index in [1.807, 2.05) is 0 Å². The normalized spacial score (nSPS) is 15.7. The third-order valence-corrected chi connectivity index (χ3v) is 3.84. The average molecular weight is 353 g/mol. The first-order chi connectivity index (χ1) is 11.0. The Morgan fingerprint density at radius 2 is 2.22 bits per heavy atom. The second-order valence-corrected chi connectivity index (χ2v) is 5.70. The summed E-state index contributed by atoms with van der Waals surface area (Å²) in [6.07, 6.45) is 5.67. The maximum atomic E-state index is 12.1. The van der Waals surface area contributed by atoms with Crippen LogP contribution in [0, 0.1) is 4.77 Å². The van der Waals surface area contributed by atoms with E-state index in [2.05, 4.69) is 28.5 Å². The lowest BCUT2D eigenvalue weighted by Gasteiger charge is -2.08. The Morgan fingerprint density at radius 3 is 2.87 bits per heavy atom. The summed E-state index contributed by atoms with van der Waals surface area (Å²) in [5, 5.41) is 10.5. The largest absolute Gasteiger partial charge is 0.494 e. The van der Waals surface area contributed by atoms with Crippen molar-refractivity contribution in [3.8, 4) is 5.88 Å². The number of hydrogen-bond acceptors (Lipinski definition) is 5. The minimum absolute atomic E-state index is 0.0318. The standard InChI is InChI=1S/C15H17ClN4O2S/c1-3-5-6-11-17-10(12(16)18-11)8-9-13(21)19-15(23)20(7-4-2)14(9)22/h4,8,22H,2-3,5-7H2,1H3,(H,19,21,23). The topological polar surface area (TPSA) is 82.7 Å². The van der Waals surface area contributed by atoms with Crippen LogP contribution in [-0.2, 0) is 6.54 Å². The van der Waals surface area contributed by atoms with Crippen LogP contribution in [0.5, 0.6) is 5.88 Å². The van der Waals surface area contributed by atoms with Crippen LogP contribution in [0.3, 0.4) is 0 Å². The Kier molecular flexibility index (Phi) is 5.68. The van der Waals surface area contributed by atoms with E-state index in [0.717, 1.165) is 12.8 Å². The summed E-state index contributed by atoms with van der Waals surface area (Å²) in [6, 6.07) is 0. The Hall–Kier alpha value is -1.99. The highest BCUT2D eigenvalue weighted by atomic mass is 35.5. The zero-order chi connectivity index (χ0) is 17.0. The van der Waals surface area contributed by atoms with E-state index in [9.17, 15) is 9.90 Å². The smallest absolute Gasteiger partial charge is 0.262 e. The minimum atomic E-state index is -0.512. The van der Waals surface area contributed by atoms with E-state index < -0.39 is 5.56 Å². The quantitative estimate of drug-likeness (QED) is 0.608. The Balaban J connectivity index is 2.48. The number of nitrogens with zero attached hydrogens (tertiary/aromatic N) is 3. The van der Waals surface area contributed by atoms with Crippen LogP contribution >= 0.6 is 23.8 Å². The molecule has 1 aliphatic rings. The van der Waals surface area contributed by atoms with Gasteiger partial charge in [0.15, 0.2) is 9.94 Å². The van der Waals surface area contributed by atoms with Gasteiger partial charge in [0.05, 0.1) is 0 Å². The number of aromatic hydroxyl groups is 1. The summed E-state index contributed by atoms with van der Waals surface area (Å²) in [5.41, 5.74) is -0.132. The van der Waals surface area contributed by atoms with E-state index in [1.165, 1.54) is 10.6 Å². The predicted molar refractivity (Wildman–Crippen MR) is 96.0 cm³/mol. The molecule has 0 aromatic carbocycles. The van der Waals surface area contributed by atoms with Crippen molar-refractivity contribution in [3.05, 3.63) is 39.0 Å². The zero-order valence-corrected chi connectivity index (χ0v) is 14.2. The van der Waals surface area contributed by atoms with E-state index in [4.69, 9.17) is 23.8 Å². The molecular formula is C15H17ClN4O2S. The van der Waals surface area contributed by atoms with E-state index in [0.29, 0.717) is 18.0 Å². The molecule has 1 aromatic heterocycles. The van der Waals surface area contributed by atoms with Gasteiger partial charge in [0.2, 0.25) is 5.88 Å². The minimum Gasteiger partial charge on any atom is -0.494 e. The number of hydrogen-bond donors (Lipinski definition) is 2. The SMILES string of the molecule is C=CCn1c(O)c(C=C2N=C(CCCC)N=C2Cl)c(=O)[nH]c1=S. The second-order valence-electron chi connectivity index (χ2n) is 4.96. The number of halogens is 1. The summed E-state index contributed by atoms with van der Waals surface area (Å²) in [5.74, 6) is 0.366. The third-order valence-electron chi connectivity index (χ3n) is 3.24. The molecule has 0 saturated carbocycles. The maximum absolute atomic E-state index is 12.1. The Bertz CT molecular complexity index is 833. The molecule has 6 nitrogen and oxygen atoms in total. The molecule has 0 unspecified atom stereocenters. The molecule has 2 heterocycles. The number of allylic oxidation sites excluding steroid dienone is 2. The fourth-order valence-electron chi connectivity index (χ4n) is 2.06. The molecule has 8 heteroatoms. The van der Waals surface area contributed by atoms with Crippen LogP contribution in [0.25, 0.3) is 6.08 Å². The van der Waals surface area contributed by atoms with Crippen molar-refractivity contribution in [1.82, 2.24) is 9.55 Å². The van der Waals surface area contributed by atoms with E-state index >= 15 is 0 Å². The van der Waals surface area contributed by atoms with Gasteiger partial charge in [-0.05, 0) is 24.7 Å². The zero-order valence-electron chi connectivity index (χ0n) is 12.7. The lowest BCUT2D eigenvalue weighted by atomic mass is 10.2. The highest BCUT2D eigenvalue weighted by Crippen LogP contribution is 2.22. The first kappa shape index (κ1) is 17.4. The van der Waals surface area contributed by atoms with Gasteiger partial charge >= 0.3 is 0 Å². The molecule has 0 atom stereocenters. The molecule has 2 N–H and O–H groups in total. The number of aromatic nitrogens is 2. The Labute approximate surface area is 143 Å². The van der Waals surface area contributed by atoms with Crippen LogP contribution in [0.4, 0.5) is 0 Å². The van der Waals surface area contributed by atoms with E-state index in [-0.39, 0.29) is 27.9 Å². The van der Waals surface area contributed by atoms with Gasteiger partial charge in [-0.1, -0.05) is 31.0 Å². The van der Waals surface area contributed by atoms with Gasteiger partial charge in [0.25, 0.3) is 5.56 Å². The molecular weight excluding hydrogens is 336 g/mol. The molecule has 0 bridgehead atoms. The molecule has 0 radical (unpaired) electrons. The van der Waals surface area contributed by atoms with Crippen LogP contribution in [-0.4, -0.2) is 25.7 Å². The maximum Gasteiger partial charge on any atom is 0.262 e. The number of nitrogens with one attached hydrogen (secondary N) is 1. The summed E-state index contributed by atoms with van der Waals surface area (Å²) in [6.45, 7) is 5.94. The second kappa shape index (κ2) is 7.52. The highest BCUT2D eigenvalue weighted by molar-refractivity contribution is 7.71. The van der Waals surface area contributed by atoms with Crippen molar-refractivity contribution >= 4 is 40.9 Å².